The smallest absolute Gasteiger partial charge is 0.332 e. The maximum absolute atomic E-state index is 13.2. The number of nitrogens with zero attached hydrogens (tertiary/aromatic N) is 1. The standard InChI is InChI=1S/C28H35N5O5S/c1-18-5-6-19(16-24(29)25(34)28(27(35)36)11-3-4-12-31-28)15-23(18)26(30)32-39(37,38)22-8-7-20-9-13-33(2)14-10-21(20)17-22/h3-8,15,17,24,31H,9-14,16,29H2,1-2H3,(H2,30,32)(H,35,36)/t24?,28-/m1/s1. The molecule has 2 aromatic carbocycles. The number of ketones is 1. The van der Waals surface area contributed by atoms with E-state index in [1.165, 1.54) is 0 Å². The van der Waals surface area contributed by atoms with Gasteiger partial charge in [0.15, 0.2) is 11.3 Å². The molecule has 2 aliphatic heterocycles. The second-order valence-corrected chi connectivity index (χ2v) is 12.0. The highest BCUT2D eigenvalue weighted by molar-refractivity contribution is 7.90. The largest absolute Gasteiger partial charge is 0.480 e. The molecule has 0 spiro atoms. The van der Waals surface area contributed by atoms with Gasteiger partial charge in [-0.25, -0.2) is 13.2 Å². The Morgan fingerprint density at radius 1 is 1.15 bits per heavy atom. The molecule has 2 heterocycles. The minimum Gasteiger partial charge on any atom is -0.480 e. The number of likely N-dealkylation sites (N-methyl/N-ethyl adjacent to an activating group) is 1. The number of nitrogens with one attached hydrogen (secondary N) is 3. The molecule has 2 aliphatic rings. The van der Waals surface area contributed by atoms with Gasteiger partial charge in [-0.15, -0.1) is 0 Å². The quantitative estimate of drug-likeness (QED) is 0.140. The average Bonchev–Trinajstić information content (AvgIpc) is 3.10. The molecule has 208 valence electrons. The van der Waals surface area contributed by atoms with Crippen molar-refractivity contribution in [3.05, 3.63) is 76.4 Å². The van der Waals surface area contributed by atoms with E-state index in [2.05, 4.69) is 14.9 Å². The minimum absolute atomic E-state index is 0.000165. The topological polar surface area (TPSA) is 166 Å². The fourth-order valence-electron chi connectivity index (χ4n) is 5.06. The lowest BCUT2D eigenvalue weighted by atomic mass is 9.82. The number of carboxylic acids is 1. The summed E-state index contributed by atoms with van der Waals surface area (Å²) in [6.07, 6.45) is 5.04. The summed E-state index contributed by atoms with van der Waals surface area (Å²) in [6, 6.07) is 9.06. The molecule has 2 aromatic rings. The van der Waals surface area contributed by atoms with E-state index in [-0.39, 0.29) is 30.1 Å². The van der Waals surface area contributed by atoms with E-state index >= 15 is 0 Å². The predicted molar refractivity (Wildman–Crippen MR) is 148 cm³/mol. The molecule has 0 saturated carbocycles. The van der Waals surface area contributed by atoms with Gasteiger partial charge in [-0.1, -0.05) is 30.4 Å². The normalized spacial score (nSPS) is 20.5. The zero-order valence-corrected chi connectivity index (χ0v) is 23.0. The Morgan fingerprint density at radius 2 is 1.87 bits per heavy atom. The van der Waals surface area contributed by atoms with Gasteiger partial charge in [0.05, 0.1) is 10.9 Å². The maximum atomic E-state index is 13.2. The lowest BCUT2D eigenvalue weighted by Crippen LogP contribution is -2.63. The van der Waals surface area contributed by atoms with E-state index in [1.54, 1.807) is 49.4 Å². The zero-order valence-electron chi connectivity index (χ0n) is 22.2. The third-order valence-corrected chi connectivity index (χ3v) is 8.86. The van der Waals surface area contributed by atoms with Crippen LogP contribution in [0.5, 0.6) is 0 Å². The number of hydrogen-bond acceptors (Lipinski definition) is 8. The van der Waals surface area contributed by atoms with Crippen LogP contribution in [0, 0.1) is 12.3 Å². The van der Waals surface area contributed by atoms with E-state index in [0.29, 0.717) is 16.7 Å². The SMILES string of the molecule is Cc1ccc(CC(N)C(=O)[C@@]2(C(=O)O)CC=CCN2)cc1C(=N)NS(=O)(=O)c1ccc2c(c1)CCN(C)CC2. The summed E-state index contributed by atoms with van der Waals surface area (Å²) in [5.41, 5.74) is 8.11. The zero-order chi connectivity index (χ0) is 28.4. The maximum Gasteiger partial charge on any atom is 0.332 e. The first-order valence-electron chi connectivity index (χ1n) is 12.9. The van der Waals surface area contributed by atoms with Crippen molar-refractivity contribution in [3.63, 3.8) is 0 Å². The van der Waals surface area contributed by atoms with Gasteiger partial charge in [0.25, 0.3) is 10.0 Å². The Morgan fingerprint density at radius 3 is 2.54 bits per heavy atom. The number of carbonyl (C=O) groups excluding carboxylic acids is 1. The summed E-state index contributed by atoms with van der Waals surface area (Å²) >= 11 is 0. The first-order valence-corrected chi connectivity index (χ1v) is 14.4. The number of amidine groups is 1. The van der Waals surface area contributed by atoms with Crippen LogP contribution in [-0.2, 0) is 38.9 Å². The summed E-state index contributed by atoms with van der Waals surface area (Å²) in [5.74, 6) is -2.21. The van der Waals surface area contributed by atoms with Gasteiger partial charge >= 0.3 is 5.97 Å². The van der Waals surface area contributed by atoms with Crippen molar-refractivity contribution in [1.29, 1.82) is 5.41 Å². The van der Waals surface area contributed by atoms with Crippen molar-refractivity contribution in [2.75, 3.05) is 26.7 Å². The number of fused-ring (bicyclic) bond motifs is 1. The Bertz CT molecular complexity index is 1440. The molecule has 0 aliphatic carbocycles. The molecule has 11 heteroatoms. The third kappa shape index (κ3) is 6.11. The second-order valence-electron chi connectivity index (χ2n) is 10.3. The van der Waals surface area contributed by atoms with Crippen LogP contribution in [0.1, 0.15) is 34.2 Å². The highest BCUT2D eigenvalue weighted by Crippen LogP contribution is 2.23. The van der Waals surface area contributed by atoms with Gasteiger partial charge in [-0.3, -0.25) is 20.2 Å². The van der Waals surface area contributed by atoms with Crippen molar-refractivity contribution in [2.24, 2.45) is 5.73 Å². The Labute approximate surface area is 228 Å². The third-order valence-electron chi connectivity index (χ3n) is 7.51. The Kier molecular flexibility index (Phi) is 8.36. The van der Waals surface area contributed by atoms with Gasteiger partial charge in [-0.2, -0.15) is 0 Å². The van der Waals surface area contributed by atoms with E-state index < -0.39 is 33.4 Å². The van der Waals surface area contributed by atoms with Crippen LogP contribution in [0.2, 0.25) is 0 Å². The lowest BCUT2D eigenvalue weighted by Gasteiger charge is -2.32. The van der Waals surface area contributed by atoms with Crippen LogP contribution in [0.4, 0.5) is 0 Å². The number of sulfonamides is 1. The summed E-state index contributed by atoms with van der Waals surface area (Å²) in [5, 5.41) is 21.1. The number of carbonyl (C=O) groups is 2. The van der Waals surface area contributed by atoms with Crippen LogP contribution < -0.4 is 15.8 Å². The molecule has 0 fully saturated rings. The molecule has 2 atom stereocenters. The van der Waals surface area contributed by atoms with Crippen LogP contribution >= 0.6 is 0 Å². The van der Waals surface area contributed by atoms with E-state index in [9.17, 15) is 23.1 Å². The van der Waals surface area contributed by atoms with E-state index in [0.717, 1.165) is 37.1 Å². The number of Topliss-reactive ketones (excluding diaryl/α,β-unsaturated/α-hetero) is 1. The van der Waals surface area contributed by atoms with Gasteiger partial charge in [0.1, 0.15) is 5.84 Å². The predicted octanol–water partition coefficient (Wildman–Crippen LogP) is 1.14. The van der Waals surface area contributed by atoms with Gasteiger partial charge < -0.3 is 15.7 Å². The minimum atomic E-state index is -4.01. The molecule has 0 radical (unpaired) electrons. The lowest BCUT2D eigenvalue weighted by molar-refractivity contribution is -0.150. The second kappa shape index (κ2) is 11.4. The first kappa shape index (κ1) is 28.6. The average molecular weight is 554 g/mol. The fourth-order valence-corrected chi connectivity index (χ4v) is 6.10. The molecular formula is C28H35N5O5S. The number of hydrogen-bond donors (Lipinski definition) is 5. The molecule has 39 heavy (non-hydrogen) atoms. The van der Waals surface area contributed by atoms with Gasteiger partial charge in [0, 0.05) is 31.6 Å². The molecule has 1 unspecified atom stereocenters. The van der Waals surface area contributed by atoms with Crippen molar-refractivity contribution >= 4 is 27.6 Å². The van der Waals surface area contributed by atoms with E-state index in [1.807, 2.05) is 13.1 Å². The summed E-state index contributed by atoms with van der Waals surface area (Å²) in [7, 11) is -1.97. The van der Waals surface area contributed by atoms with Crippen molar-refractivity contribution < 1.29 is 23.1 Å². The highest BCUT2D eigenvalue weighted by Gasteiger charge is 2.47. The van der Waals surface area contributed by atoms with Gasteiger partial charge in [-0.05, 0) is 73.7 Å². The summed E-state index contributed by atoms with van der Waals surface area (Å²) < 4.78 is 28.8. The van der Waals surface area contributed by atoms with Gasteiger partial charge in [0.2, 0.25) is 0 Å². The number of aryl methyl sites for hydroxylation is 1. The molecule has 0 amide bonds. The number of carboxylic acid groups (broad SMARTS) is 1. The van der Waals surface area contributed by atoms with Crippen molar-refractivity contribution in [2.45, 2.75) is 49.1 Å². The summed E-state index contributed by atoms with van der Waals surface area (Å²) in [6.45, 7) is 3.76. The van der Waals surface area contributed by atoms with Crippen molar-refractivity contribution in [1.82, 2.24) is 14.9 Å². The molecule has 0 bridgehead atoms. The number of benzene rings is 2. The Balaban J connectivity index is 1.51. The first-order chi connectivity index (χ1) is 18.4. The van der Waals surface area contributed by atoms with Crippen LogP contribution in [0.3, 0.4) is 0 Å². The molecule has 6 N–H and O–H groups in total. The number of rotatable bonds is 8. The van der Waals surface area contributed by atoms with Crippen LogP contribution in [0.25, 0.3) is 0 Å². The molecule has 4 rings (SSSR count). The fraction of sp³-hybridized carbons (Fsp3) is 0.393. The highest BCUT2D eigenvalue weighted by atomic mass is 32.2. The monoisotopic (exact) mass is 553 g/mol. The molecule has 10 nitrogen and oxygen atoms in total. The van der Waals surface area contributed by atoms with E-state index in [4.69, 9.17) is 11.1 Å². The molecule has 0 aromatic heterocycles. The van der Waals surface area contributed by atoms with Crippen LogP contribution in [0.15, 0.2) is 53.4 Å². The Hall–Kier alpha value is -3.38. The number of aliphatic carboxylic acids is 1. The van der Waals surface area contributed by atoms with Crippen LogP contribution in [-0.4, -0.2) is 74.3 Å². The summed E-state index contributed by atoms with van der Waals surface area (Å²) in [4.78, 5) is 27.4. The van der Waals surface area contributed by atoms with Crippen molar-refractivity contribution in [3.8, 4) is 0 Å². The molecule has 0 saturated heterocycles. The molecular weight excluding hydrogens is 518 g/mol. The number of nitrogens with two attached hydrogens (primary N) is 1.